The van der Waals surface area contributed by atoms with E-state index in [1.54, 1.807) is 0 Å². The molecular weight excluding hydrogens is 1330 g/mol. The highest BCUT2D eigenvalue weighted by molar-refractivity contribution is 5.73. The van der Waals surface area contributed by atoms with E-state index in [2.05, 4.69) is 27.7 Å². The van der Waals surface area contributed by atoms with Gasteiger partial charge < -0.3 is 56.8 Å². The van der Waals surface area contributed by atoms with E-state index < -0.39 is 97.4 Å². The Morgan fingerprint density at radius 3 is 0.774 bits per heavy atom. The third-order valence-electron chi connectivity index (χ3n) is 21.2. The van der Waals surface area contributed by atoms with Gasteiger partial charge >= 0.3 is 11.9 Å². The fourth-order valence-electron chi connectivity index (χ4n) is 14.7. The summed E-state index contributed by atoms with van der Waals surface area (Å²) in [5, 5.41) is 0. The Kier molecular flexibility index (Phi) is 38.3. The van der Waals surface area contributed by atoms with Crippen molar-refractivity contribution in [2.45, 2.75) is 309 Å². The predicted molar refractivity (Wildman–Crippen MR) is 418 cm³/mol. The highest BCUT2D eigenvalue weighted by Crippen LogP contribution is 2.38. The van der Waals surface area contributed by atoms with Crippen LogP contribution in [0.15, 0.2) is 182 Å². The van der Waals surface area contributed by atoms with Gasteiger partial charge in [0.1, 0.15) is 62.0 Å². The van der Waals surface area contributed by atoms with Gasteiger partial charge in [-0.3, -0.25) is 9.59 Å². The SMILES string of the molecule is CC(C)CCCCCCCCCCCC[C@@H]1O[C@@H]2O[C@H](COC(=O)[C@H](C)[C@H](CCCCCCCCCCCCC(C)C)O[C@@H]3O[C@H](COC(=O)[C@@H]1C)[C@@H](OCc1ccccc1)[C@H](OCc1ccccc1)[C@H]3OCc1ccccc1)[C@@H](OCc1ccccc1)[C@H](OCc1ccccc1)[C@H]2OCc1ccccc1. The van der Waals surface area contributed by atoms with Gasteiger partial charge in [-0.05, 0) is 71.9 Å². The van der Waals surface area contributed by atoms with Crippen LogP contribution in [-0.2, 0) is 106 Å². The summed E-state index contributed by atoms with van der Waals surface area (Å²) < 4.78 is 85.7. The monoisotopic (exact) mass is 1460 g/mol. The first-order chi connectivity index (χ1) is 51.9. The molecule has 106 heavy (non-hydrogen) atoms. The zero-order valence-electron chi connectivity index (χ0n) is 64.9. The molecule has 14 atom stereocenters. The molecular formula is C92H128O14. The number of ether oxygens (including phenoxy) is 12. The number of esters is 2. The largest absolute Gasteiger partial charge is 0.463 e. The number of carbonyl (C=O) groups excluding carboxylic acids is 2. The van der Waals surface area contributed by atoms with Crippen LogP contribution in [0.5, 0.6) is 0 Å². The van der Waals surface area contributed by atoms with Gasteiger partial charge in [-0.2, -0.15) is 0 Å². The normalized spacial score (nSPS) is 24.7. The number of cyclic esters (lactones) is 2. The van der Waals surface area contributed by atoms with Gasteiger partial charge in [-0.1, -0.05) is 351 Å². The number of unbranched alkanes of at least 4 members (excludes halogenated alkanes) is 18. The van der Waals surface area contributed by atoms with Crippen LogP contribution in [0, 0.1) is 23.7 Å². The van der Waals surface area contributed by atoms with Crippen LogP contribution in [0.4, 0.5) is 0 Å². The van der Waals surface area contributed by atoms with Crippen molar-refractivity contribution < 1.29 is 66.4 Å². The first kappa shape index (κ1) is 83.9. The number of rotatable bonds is 44. The minimum Gasteiger partial charge on any atom is -0.463 e. The zero-order chi connectivity index (χ0) is 74.2. The minimum absolute atomic E-state index is 0.187. The molecule has 9 rings (SSSR count). The summed E-state index contributed by atoms with van der Waals surface area (Å²) in [5.41, 5.74) is 5.64. The molecule has 0 spiro atoms. The summed E-state index contributed by atoms with van der Waals surface area (Å²) >= 11 is 0. The van der Waals surface area contributed by atoms with Crippen LogP contribution >= 0.6 is 0 Å². The second-order valence-electron chi connectivity index (χ2n) is 30.9. The molecule has 3 saturated heterocycles. The van der Waals surface area contributed by atoms with Crippen molar-refractivity contribution in [3.63, 3.8) is 0 Å². The van der Waals surface area contributed by atoms with Crippen LogP contribution in [0.25, 0.3) is 0 Å². The first-order valence-electron chi connectivity index (χ1n) is 40.8. The van der Waals surface area contributed by atoms with Crippen LogP contribution in [0.1, 0.15) is 229 Å². The third kappa shape index (κ3) is 29.7. The lowest BCUT2D eigenvalue weighted by atomic mass is 9.95. The van der Waals surface area contributed by atoms with Crippen molar-refractivity contribution in [3.05, 3.63) is 215 Å². The van der Waals surface area contributed by atoms with Crippen molar-refractivity contribution in [2.24, 2.45) is 23.7 Å². The van der Waals surface area contributed by atoms with E-state index in [0.29, 0.717) is 12.8 Å². The minimum atomic E-state index is -1.15. The highest BCUT2D eigenvalue weighted by Gasteiger charge is 2.53. The summed E-state index contributed by atoms with van der Waals surface area (Å²) in [5.74, 6) is -1.14. The Hall–Kier alpha value is -6.14. The molecule has 3 aliphatic heterocycles. The molecule has 0 aromatic heterocycles. The molecule has 14 nitrogen and oxygen atoms in total. The maximum absolute atomic E-state index is 15.6. The fourth-order valence-corrected chi connectivity index (χ4v) is 14.7. The average Bonchev–Trinajstić information content (AvgIpc) is 0.786. The van der Waals surface area contributed by atoms with E-state index in [0.717, 1.165) is 96.6 Å². The van der Waals surface area contributed by atoms with Gasteiger partial charge in [0.25, 0.3) is 0 Å². The van der Waals surface area contributed by atoms with Crippen molar-refractivity contribution in [1.82, 2.24) is 0 Å². The standard InChI is InChI=1S/C92H128O14/c1-69(2)45-29-19-15-11-7-9-13-17-21-43-59-79-71(5)89(93)101-67-82-84(96-62-74-49-33-24-34-50-74)86(98-64-76-53-37-26-38-54-76)88(100-66-78-57-41-28-42-58-78)92(106-82)104-80(60-44-22-18-14-10-8-12-16-20-30-46-70(3)4)72(6)90(94)102-68-81-83(95-61-73-47-31-23-32-48-73)85(97-63-75-51-35-25-36-52-75)87(91(103-79)105-81)99-65-77-55-39-27-40-56-77/h23-28,31-42,47-58,69-72,79-88,91-92H,7-22,29-30,43-46,59-68H2,1-6H3/t71-,72-,79+,80+,81-,82-,83-,84-,85+,86+,87-,88-,91-,92-/m1/s1. The Balaban J connectivity index is 1.08. The Bertz CT molecular complexity index is 3020. The Morgan fingerprint density at radius 1 is 0.292 bits per heavy atom. The van der Waals surface area contributed by atoms with Crippen LogP contribution in [0.2, 0.25) is 0 Å². The van der Waals surface area contributed by atoms with Crippen LogP contribution in [-0.4, -0.2) is 98.8 Å². The van der Waals surface area contributed by atoms with Gasteiger partial charge in [-0.15, -0.1) is 0 Å². The van der Waals surface area contributed by atoms with Gasteiger partial charge in [0, 0.05) is 0 Å². The summed E-state index contributed by atoms with van der Waals surface area (Å²) in [6.45, 7) is 13.7. The number of fused-ring (bicyclic) bond motifs is 4. The molecule has 3 heterocycles. The number of carbonyl (C=O) groups is 2. The molecule has 0 N–H and O–H groups in total. The molecule has 6 aromatic carbocycles. The summed E-state index contributed by atoms with van der Waals surface area (Å²) in [6.07, 6.45) is 15.6. The molecule has 0 radical (unpaired) electrons. The quantitative estimate of drug-likeness (QED) is 0.0264. The van der Waals surface area contributed by atoms with E-state index in [1.807, 2.05) is 196 Å². The number of hydrogen-bond acceptors (Lipinski definition) is 14. The van der Waals surface area contributed by atoms with Gasteiger partial charge in [0.05, 0.1) is 63.7 Å². The maximum Gasteiger partial charge on any atom is 0.311 e. The van der Waals surface area contributed by atoms with Gasteiger partial charge in [-0.25, -0.2) is 0 Å². The highest BCUT2D eigenvalue weighted by atomic mass is 16.7. The van der Waals surface area contributed by atoms with E-state index in [9.17, 15) is 0 Å². The molecule has 0 unspecified atom stereocenters. The molecule has 4 bridgehead atoms. The molecule has 3 aliphatic rings. The van der Waals surface area contributed by atoms with Crippen molar-refractivity contribution in [1.29, 1.82) is 0 Å². The first-order valence-corrected chi connectivity index (χ1v) is 40.8. The lowest BCUT2D eigenvalue weighted by Gasteiger charge is -2.47. The number of benzene rings is 6. The second kappa shape index (κ2) is 48.4. The van der Waals surface area contributed by atoms with Crippen molar-refractivity contribution in [3.8, 4) is 0 Å². The van der Waals surface area contributed by atoms with Crippen LogP contribution in [0.3, 0.4) is 0 Å². The third-order valence-corrected chi connectivity index (χ3v) is 21.2. The molecule has 0 aliphatic carbocycles. The summed E-state index contributed by atoms with van der Waals surface area (Å²) in [4.78, 5) is 31.1. The van der Waals surface area contributed by atoms with Crippen LogP contribution < -0.4 is 0 Å². The van der Waals surface area contributed by atoms with E-state index in [-0.39, 0.29) is 52.9 Å². The predicted octanol–water partition coefficient (Wildman–Crippen LogP) is 20.8. The molecule has 580 valence electrons. The smallest absolute Gasteiger partial charge is 0.311 e. The molecule has 14 heteroatoms. The zero-order valence-corrected chi connectivity index (χ0v) is 64.9. The molecule has 6 aromatic rings. The lowest BCUT2D eigenvalue weighted by molar-refractivity contribution is -0.341. The van der Waals surface area contributed by atoms with Crippen molar-refractivity contribution >= 4 is 11.9 Å². The fraction of sp³-hybridized carbons (Fsp3) is 0.587. The topological polar surface area (TPSA) is 145 Å². The van der Waals surface area contributed by atoms with Gasteiger partial charge in [0.2, 0.25) is 0 Å². The Morgan fingerprint density at radius 2 is 0.519 bits per heavy atom. The average molecular weight is 1460 g/mol. The summed E-state index contributed by atoms with van der Waals surface area (Å²) in [7, 11) is 0. The molecule has 0 amide bonds. The van der Waals surface area contributed by atoms with E-state index >= 15 is 9.59 Å². The van der Waals surface area contributed by atoms with E-state index in [1.165, 1.54) is 89.9 Å². The maximum atomic E-state index is 15.6. The molecule has 3 fully saturated rings. The van der Waals surface area contributed by atoms with Crippen molar-refractivity contribution in [2.75, 3.05) is 13.2 Å². The Labute approximate surface area is 636 Å². The lowest BCUT2D eigenvalue weighted by Crippen LogP contribution is -2.63. The van der Waals surface area contributed by atoms with Gasteiger partial charge in [0.15, 0.2) is 12.6 Å². The second-order valence-corrected chi connectivity index (χ2v) is 30.9. The summed E-state index contributed by atoms with van der Waals surface area (Å²) in [6, 6.07) is 60.1. The molecule has 0 saturated carbocycles. The number of hydrogen-bond donors (Lipinski definition) is 0. The van der Waals surface area contributed by atoms with E-state index in [4.69, 9.17) is 56.8 Å².